The molecule has 0 radical (unpaired) electrons. The van der Waals surface area contributed by atoms with Crippen molar-refractivity contribution in [1.82, 2.24) is 20.4 Å². The van der Waals surface area contributed by atoms with Crippen LogP contribution in [-0.2, 0) is 4.79 Å². The summed E-state index contributed by atoms with van der Waals surface area (Å²) in [5.74, 6) is 4.56. The number of aliphatic hydroxyl groups excluding tert-OH is 1. The fourth-order valence-corrected chi connectivity index (χ4v) is 2.71. The second-order valence-corrected chi connectivity index (χ2v) is 6.41. The maximum Gasteiger partial charge on any atom is 0.230 e. The molecule has 12 heteroatoms. The molecule has 0 aliphatic carbocycles. The van der Waals surface area contributed by atoms with Gasteiger partial charge in [0.05, 0.1) is 23.4 Å². The van der Waals surface area contributed by atoms with Crippen LogP contribution in [0.4, 0.5) is 10.3 Å². The van der Waals surface area contributed by atoms with Gasteiger partial charge in [-0.3, -0.25) is 10.1 Å². The zero-order chi connectivity index (χ0) is 22.8. The predicted molar refractivity (Wildman–Crippen MR) is 117 cm³/mol. The molecule has 7 N–H and O–H groups in total. The highest BCUT2D eigenvalue weighted by Gasteiger charge is 2.18. The van der Waals surface area contributed by atoms with Gasteiger partial charge in [0.15, 0.2) is 0 Å². The van der Waals surface area contributed by atoms with Gasteiger partial charge in [0, 0.05) is 12.4 Å². The van der Waals surface area contributed by atoms with E-state index >= 15 is 0 Å². The standard InChI is InChI=1S/C19H22ClFN8O2/c1-2-12(16-5-7-24-19(25-16)26-18(22)27-28-23)6-8-29(11-31)17(10-30)13-3-4-14(20)15(21)9-13/h2-9,11,17,28,30H,10,23H2,1H3,(H3,22,24,25,26,27)/b8-6-,12-2+. The molecule has 2 aromatic rings. The number of aliphatic hydroxyl groups is 1. The first-order valence-corrected chi connectivity index (χ1v) is 9.33. The van der Waals surface area contributed by atoms with E-state index in [1.54, 1.807) is 25.1 Å². The first-order valence-electron chi connectivity index (χ1n) is 8.95. The van der Waals surface area contributed by atoms with Crippen molar-refractivity contribution in [1.29, 1.82) is 0 Å². The van der Waals surface area contributed by atoms with E-state index in [9.17, 15) is 14.3 Å². The highest BCUT2D eigenvalue weighted by molar-refractivity contribution is 6.30. The summed E-state index contributed by atoms with van der Waals surface area (Å²) in [5.41, 5.74) is 9.20. The number of nitrogens with zero attached hydrogens (tertiary/aromatic N) is 4. The lowest BCUT2D eigenvalue weighted by Crippen LogP contribution is -2.29. The molecule has 10 nitrogen and oxygen atoms in total. The van der Waals surface area contributed by atoms with Gasteiger partial charge in [-0.25, -0.2) is 25.7 Å². The fourth-order valence-electron chi connectivity index (χ4n) is 2.59. The van der Waals surface area contributed by atoms with Crippen molar-refractivity contribution in [2.75, 3.05) is 11.9 Å². The molecule has 0 fully saturated rings. The summed E-state index contributed by atoms with van der Waals surface area (Å²) in [4.78, 5) is 21.2. The molecular weight excluding hydrogens is 427 g/mol. The Balaban J connectivity index is 2.26. The second kappa shape index (κ2) is 11.6. The molecule has 0 saturated heterocycles. The number of hydrogen-bond donors (Lipinski definition) is 5. The summed E-state index contributed by atoms with van der Waals surface area (Å²) in [6.07, 6.45) is 6.88. The SMILES string of the molecule is C/C=C(\C=C/N(C=O)C(CO)c1ccc(Cl)c(F)c1)c1ccnc(N/C(N)=N/NN)n1. The maximum absolute atomic E-state index is 13.8. The molecule has 0 bridgehead atoms. The molecule has 0 saturated carbocycles. The minimum Gasteiger partial charge on any atom is -0.394 e. The molecule has 2 rings (SSSR count). The smallest absolute Gasteiger partial charge is 0.230 e. The van der Waals surface area contributed by atoms with Crippen molar-refractivity contribution in [2.45, 2.75) is 13.0 Å². The number of hydrazine groups is 1. The van der Waals surface area contributed by atoms with Gasteiger partial charge >= 0.3 is 0 Å². The normalized spacial score (nSPS) is 13.2. The predicted octanol–water partition coefficient (Wildman–Crippen LogP) is 1.48. The van der Waals surface area contributed by atoms with Crippen molar-refractivity contribution in [3.63, 3.8) is 0 Å². The molecular formula is C19H22ClFN8O2. The van der Waals surface area contributed by atoms with Crippen molar-refractivity contribution < 1.29 is 14.3 Å². The number of carbonyl (C=O) groups excluding carboxylic acids is 1. The maximum atomic E-state index is 13.8. The summed E-state index contributed by atoms with van der Waals surface area (Å²) in [7, 11) is 0. The van der Waals surface area contributed by atoms with Crippen molar-refractivity contribution >= 4 is 35.5 Å². The van der Waals surface area contributed by atoms with E-state index in [0.717, 1.165) is 0 Å². The number of allylic oxidation sites excluding steroid dienone is 3. The topological polar surface area (TPSA) is 155 Å². The highest BCUT2D eigenvalue weighted by Crippen LogP contribution is 2.25. The van der Waals surface area contributed by atoms with Gasteiger partial charge in [0.2, 0.25) is 18.3 Å². The third-order valence-corrected chi connectivity index (χ3v) is 4.40. The summed E-state index contributed by atoms with van der Waals surface area (Å²) >= 11 is 5.71. The molecule has 1 aromatic carbocycles. The molecule has 31 heavy (non-hydrogen) atoms. The summed E-state index contributed by atoms with van der Waals surface area (Å²) < 4.78 is 13.8. The third kappa shape index (κ3) is 6.47. The van der Waals surface area contributed by atoms with E-state index in [2.05, 4.69) is 20.4 Å². The van der Waals surface area contributed by atoms with Crippen LogP contribution in [0.3, 0.4) is 0 Å². The number of amides is 1. The number of rotatable bonds is 9. The minimum absolute atomic E-state index is 0.0367. The van der Waals surface area contributed by atoms with Gasteiger partial charge < -0.3 is 15.7 Å². The van der Waals surface area contributed by atoms with Crippen LogP contribution in [0.15, 0.2) is 53.9 Å². The van der Waals surface area contributed by atoms with Gasteiger partial charge in [-0.2, -0.15) is 0 Å². The Morgan fingerprint density at radius 3 is 2.84 bits per heavy atom. The average Bonchev–Trinajstić information content (AvgIpc) is 2.76. The van der Waals surface area contributed by atoms with Crippen LogP contribution < -0.4 is 22.4 Å². The number of hydrogen-bond acceptors (Lipinski definition) is 7. The zero-order valence-electron chi connectivity index (χ0n) is 16.5. The van der Waals surface area contributed by atoms with Crippen LogP contribution in [0.5, 0.6) is 0 Å². The Bertz CT molecular complexity index is 999. The van der Waals surface area contributed by atoms with Crippen LogP contribution in [-0.4, -0.2) is 39.0 Å². The Kier molecular flexibility index (Phi) is 8.88. The van der Waals surface area contributed by atoms with Crippen molar-refractivity contribution in [3.05, 3.63) is 70.9 Å². The number of hydrazone groups is 1. The van der Waals surface area contributed by atoms with Crippen LogP contribution in [0.2, 0.25) is 5.02 Å². The summed E-state index contributed by atoms with van der Waals surface area (Å²) in [6, 6.07) is 4.93. The van der Waals surface area contributed by atoms with E-state index in [0.29, 0.717) is 23.2 Å². The lowest BCUT2D eigenvalue weighted by molar-refractivity contribution is -0.118. The number of aromatic nitrogens is 2. The molecule has 164 valence electrons. The molecule has 1 heterocycles. The van der Waals surface area contributed by atoms with E-state index < -0.39 is 18.5 Å². The van der Waals surface area contributed by atoms with Crippen LogP contribution in [0.1, 0.15) is 24.2 Å². The monoisotopic (exact) mass is 448 g/mol. The number of benzene rings is 1. The molecule has 1 atom stereocenters. The number of halogens is 2. The Morgan fingerprint density at radius 2 is 2.23 bits per heavy atom. The van der Waals surface area contributed by atoms with Gasteiger partial charge in [0.25, 0.3) is 0 Å². The van der Waals surface area contributed by atoms with Crippen LogP contribution in [0, 0.1) is 5.82 Å². The minimum atomic E-state index is -0.805. The quantitative estimate of drug-likeness (QED) is 0.0964. The van der Waals surface area contributed by atoms with Crippen molar-refractivity contribution in [2.24, 2.45) is 16.7 Å². The average molecular weight is 449 g/mol. The number of guanidine groups is 1. The van der Waals surface area contributed by atoms with Gasteiger partial charge in [-0.15, -0.1) is 5.10 Å². The Morgan fingerprint density at radius 1 is 1.45 bits per heavy atom. The number of nitrogens with two attached hydrogens (primary N) is 2. The first-order chi connectivity index (χ1) is 14.9. The molecule has 0 aliphatic heterocycles. The molecule has 1 amide bonds. The van der Waals surface area contributed by atoms with E-state index in [1.807, 2.05) is 5.53 Å². The fraction of sp³-hybridized carbons (Fsp3) is 0.158. The van der Waals surface area contributed by atoms with E-state index in [-0.39, 0.29) is 16.9 Å². The largest absolute Gasteiger partial charge is 0.394 e. The van der Waals surface area contributed by atoms with Gasteiger partial charge in [0.1, 0.15) is 5.82 Å². The Labute approximate surface area is 183 Å². The van der Waals surface area contributed by atoms with Crippen LogP contribution in [0.25, 0.3) is 5.57 Å². The summed E-state index contributed by atoms with van der Waals surface area (Å²) in [5, 5.41) is 15.9. The second-order valence-electron chi connectivity index (χ2n) is 6.00. The lowest BCUT2D eigenvalue weighted by atomic mass is 10.1. The van der Waals surface area contributed by atoms with Crippen molar-refractivity contribution in [3.8, 4) is 0 Å². The summed E-state index contributed by atoms with van der Waals surface area (Å²) in [6.45, 7) is 1.36. The zero-order valence-corrected chi connectivity index (χ0v) is 17.3. The number of carbonyl (C=O) groups is 1. The van der Waals surface area contributed by atoms with E-state index in [4.69, 9.17) is 23.2 Å². The van der Waals surface area contributed by atoms with E-state index in [1.165, 1.54) is 35.5 Å². The molecule has 1 aromatic heterocycles. The lowest BCUT2D eigenvalue weighted by Gasteiger charge is -2.24. The van der Waals surface area contributed by atoms with Gasteiger partial charge in [-0.1, -0.05) is 23.7 Å². The molecule has 1 unspecified atom stereocenters. The van der Waals surface area contributed by atoms with Crippen LogP contribution >= 0.6 is 11.6 Å². The Hall–Kier alpha value is -3.54. The number of anilines is 1. The number of nitrogens with one attached hydrogen (secondary N) is 2. The highest BCUT2D eigenvalue weighted by atomic mass is 35.5. The molecule has 0 aliphatic rings. The third-order valence-electron chi connectivity index (χ3n) is 4.10. The van der Waals surface area contributed by atoms with Gasteiger partial charge in [-0.05, 0) is 42.3 Å². The first kappa shape index (κ1) is 23.7. The molecule has 0 spiro atoms.